The second kappa shape index (κ2) is 8.99. The van der Waals surface area contributed by atoms with Gasteiger partial charge in [-0.05, 0) is 36.5 Å². The number of rotatable bonds is 10. The van der Waals surface area contributed by atoms with Crippen molar-refractivity contribution < 1.29 is 9.53 Å². The van der Waals surface area contributed by atoms with Crippen molar-refractivity contribution in [1.82, 2.24) is 5.32 Å². The van der Waals surface area contributed by atoms with E-state index >= 15 is 0 Å². The summed E-state index contributed by atoms with van der Waals surface area (Å²) in [6.07, 6.45) is 6.01. The van der Waals surface area contributed by atoms with Gasteiger partial charge in [0.05, 0.1) is 11.1 Å². The molecular formula is C22H29N3O2S. The standard InChI is InChI=1S/C22H29N3O2S/c1-15(23)28-11-10-22(2,24)19-9-8-17-12-18(19)21(17)27-14-20(26)25-13-16-6-4-3-5-7-16/h3-9,17,21H,1,10-14,23-24H2,2H3,(H,25,26). The fraction of sp³-hybridized carbons (Fsp3) is 0.409. The van der Waals surface area contributed by atoms with Gasteiger partial charge in [-0.25, -0.2) is 0 Å². The highest BCUT2D eigenvalue weighted by atomic mass is 32.2. The van der Waals surface area contributed by atoms with Crippen LogP contribution in [0, 0.1) is 5.92 Å². The summed E-state index contributed by atoms with van der Waals surface area (Å²) in [5.74, 6) is 1.06. The average molecular weight is 400 g/mol. The summed E-state index contributed by atoms with van der Waals surface area (Å²) in [5.41, 5.74) is 15.2. The number of hydrogen-bond donors (Lipinski definition) is 3. The lowest BCUT2D eigenvalue weighted by molar-refractivity contribution is -0.129. The van der Waals surface area contributed by atoms with Gasteiger partial charge in [-0.15, -0.1) is 11.8 Å². The highest BCUT2D eigenvalue weighted by Crippen LogP contribution is 2.46. The van der Waals surface area contributed by atoms with Crippen molar-refractivity contribution in [1.29, 1.82) is 0 Å². The molecule has 0 spiro atoms. The Morgan fingerprint density at radius 1 is 1.39 bits per heavy atom. The van der Waals surface area contributed by atoms with Gasteiger partial charge >= 0.3 is 0 Å². The zero-order valence-corrected chi connectivity index (χ0v) is 17.1. The number of nitrogens with one attached hydrogen (secondary N) is 1. The first-order valence-electron chi connectivity index (χ1n) is 9.57. The number of benzene rings is 1. The zero-order chi connectivity index (χ0) is 20.1. The number of carbonyl (C=O) groups is 1. The van der Waals surface area contributed by atoms with E-state index in [1.165, 1.54) is 17.3 Å². The van der Waals surface area contributed by atoms with Crippen molar-refractivity contribution in [3.63, 3.8) is 0 Å². The molecule has 0 aliphatic heterocycles. The number of amides is 1. The van der Waals surface area contributed by atoms with E-state index in [1.807, 2.05) is 37.3 Å². The molecule has 2 bridgehead atoms. The Labute approximate surface area is 171 Å². The Kier molecular flexibility index (Phi) is 6.65. The fourth-order valence-electron chi connectivity index (χ4n) is 3.66. The van der Waals surface area contributed by atoms with Gasteiger partial charge in [0.2, 0.25) is 5.91 Å². The van der Waals surface area contributed by atoms with E-state index in [2.05, 4.69) is 24.0 Å². The van der Waals surface area contributed by atoms with Crippen LogP contribution in [0.5, 0.6) is 0 Å². The maximum absolute atomic E-state index is 12.1. The first kappa shape index (κ1) is 20.7. The predicted octanol–water partition coefficient (Wildman–Crippen LogP) is 2.84. The first-order valence-corrected chi connectivity index (χ1v) is 10.6. The summed E-state index contributed by atoms with van der Waals surface area (Å²) in [7, 11) is 0. The highest BCUT2D eigenvalue weighted by molar-refractivity contribution is 8.02. The number of ether oxygens (including phenoxy) is 1. The van der Waals surface area contributed by atoms with Gasteiger partial charge in [0, 0.05) is 23.8 Å². The SMILES string of the molecule is C=C(N)SCCC(C)(N)C1=C2CC(C=C1)C2OCC(=O)NCc1ccccc1. The van der Waals surface area contributed by atoms with Crippen LogP contribution >= 0.6 is 11.8 Å². The Morgan fingerprint density at radius 2 is 2.14 bits per heavy atom. The van der Waals surface area contributed by atoms with Crippen LogP contribution in [0.2, 0.25) is 0 Å². The van der Waals surface area contributed by atoms with E-state index in [4.69, 9.17) is 16.2 Å². The second-order valence-electron chi connectivity index (χ2n) is 7.64. The monoisotopic (exact) mass is 399 g/mol. The lowest BCUT2D eigenvalue weighted by atomic mass is 9.66. The van der Waals surface area contributed by atoms with Crippen LogP contribution in [0.4, 0.5) is 0 Å². The largest absolute Gasteiger partial charge is 0.394 e. The Balaban J connectivity index is 1.52. The van der Waals surface area contributed by atoms with Gasteiger partial charge in [-0.3, -0.25) is 4.79 Å². The van der Waals surface area contributed by atoms with E-state index in [1.54, 1.807) is 0 Å². The lowest BCUT2D eigenvalue weighted by Gasteiger charge is -2.45. The van der Waals surface area contributed by atoms with Gasteiger partial charge in [-0.2, -0.15) is 0 Å². The van der Waals surface area contributed by atoms with E-state index in [0.29, 0.717) is 17.5 Å². The number of hydrogen-bond acceptors (Lipinski definition) is 5. The van der Waals surface area contributed by atoms with E-state index in [9.17, 15) is 4.79 Å². The summed E-state index contributed by atoms with van der Waals surface area (Å²) in [4.78, 5) is 12.1. The normalized spacial score (nSPS) is 22.4. The molecule has 0 saturated heterocycles. The van der Waals surface area contributed by atoms with Crippen LogP contribution < -0.4 is 16.8 Å². The molecule has 1 aromatic carbocycles. The van der Waals surface area contributed by atoms with E-state index in [-0.39, 0.29) is 18.6 Å². The van der Waals surface area contributed by atoms with Crippen LogP contribution in [0.25, 0.3) is 0 Å². The van der Waals surface area contributed by atoms with Crippen molar-refractivity contribution in [3.8, 4) is 0 Å². The molecule has 1 amide bonds. The van der Waals surface area contributed by atoms with Crippen molar-refractivity contribution >= 4 is 17.7 Å². The summed E-state index contributed by atoms with van der Waals surface area (Å²) >= 11 is 1.53. The third kappa shape index (κ3) is 5.07. The molecule has 1 fully saturated rings. The molecule has 0 radical (unpaired) electrons. The molecule has 1 saturated carbocycles. The first-order chi connectivity index (χ1) is 13.4. The van der Waals surface area contributed by atoms with Crippen LogP contribution in [0.15, 0.2) is 65.2 Å². The van der Waals surface area contributed by atoms with Crippen molar-refractivity contribution in [2.24, 2.45) is 17.4 Å². The number of thioether (sulfide) groups is 1. The molecule has 0 heterocycles. The third-order valence-electron chi connectivity index (χ3n) is 5.29. The van der Waals surface area contributed by atoms with Gasteiger partial charge in [0.15, 0.2) is 0 Å². The van der Waals surface area contributed by atoms with Crippen LogP contribution in [0.3, 0.4) is 0 Å². The van der Waals surface area contributed by atoms with E-state index < -0.39 is 5.54 Å². The summed E-state index contributed by atoms with van der Waals surface area (Å²) in [5, 5.41) is 3.51. The minimum atomic E-state index is -0.448. The zero-order valence-electron chi connectivity index (χ0n) is 16.3. The molecule has 5 N–H and O–H groups in total. The Morgan fingerprint density at radius 3 is 2.82 bits per heavy atom. The maximum atomic E-state index is 12.1. The molecule has 0 aromatic heterocycles. The molecule has 3 atom stereocenters. The molecule has 28 heavy (non-hydrogen) atoms. The fourth-order valence-corrected chi connectivity index (χ4v) is 4.45. The summed E-state index contributed by atoms with van der Waals surface area (Å²) in [6.45, 7) is 6.32. The van der Waals surface area contributed by atoms with Crippen LogP contribution in [0.1, 0.15) is 25.3 Å². The molecule has 5 nitrogen and oxygen atoms in total. The maximum Gasteiger partial charge on any atom is 0.246 e. The van der Waals surface area contributed by atoms with Gasteiger partial charge < -0.3 is 21.5 Å². The van der Waals surface area contributed by atoms with Crippen molar-refractivity contribution in [2.75, 3.05) is 12.4 Å². The second-order valence-corrected chi connectivity index (χ2v) is 8.86. The van der Waals surface area contributed by atoms with Crippen LogP contribution in [-0.4, -0.2) is 29.9 Å². The third-order valence-corrected chi connectivity index (χ3v) is 6.07. The summed E-state index contributed by atoms with van der Waals surface area (Å²) in [6, 6.07) is 9.84. The van der Waals surface area contributed by atoms with Crippen molar-refractivity contribution in [2.45, 2.75) is 38.0 Å². The van der Waals surface area contributed by atoms with Crippen molar-refractivity contribution in [3.05, 3.63) is 70.8 Å². The molecule has 2 aliphatic carbocycles. The smallest absolute Gasteiger partial charge is 0.246 e. The summed E-state index contributed by atoms with van der Waals surface area (Å²) < 4.78 is 5.95. The quantitative estimate of drug-likeness (QED) is 0.563. The molecule has 1 aromatic rings. The molecule has 3 rings (SSSR count). The Hall–Kier alpha value is -2.02. The van der Waals surface area contributed by atoms with E-state index in [0.717, 1.165) is 29.7 Å². The minimum Gasteiger partial charge on any atom is -0.394 e. The van der Waals surface area contributed by atoms with Gasteiger partial charge in [-0.1, -0.05) is 49.1 Å². The molecular weight excluding hydrogens is 370 g/mol. The number of nitrogens with two attached hydrogens (primary N) is 2. The average Bonchev–Trinajstić information content (AvgIpc) is 2.66. The lowest BCUT2D eigenvalue weighted by Crippen LogP contribution is -2.47. The molecule has 6 heteroatoms. The molecule has 3 unspecified atom stereocenters. The number of fused-ring (bicyclic) bond motifs is 2. The highest BCUT2D eigenvalue weighted by Gasteiger charge is 2.43. The molecule has 2 aliphatic rings. The molecule has 150 valence electrons. The predicted molar refractivity (Wildman–Crippen MR) is 115 cm³/mol. The van der Waals surface area contributed by atoms with Crippen LogP contribution in [-0.2, 0) is 16.1 Å². The van der Waals surface area contributed by atoms with Gasteiger partial charge in [0.25, 0.3) is 0 Å². The topological polar surface area (TPSA) is 90.4 Å². The minimum absolute atomic E-state index is 0.0394. The Bertz CT molecular complexity index is 786. The van der Waals surface area contributed by atoms with Gasteiger partial charge in [0.1, 0.15) is 6.61 Å². The number of carbonyl (C=O) groups excluding carboxylic acids is 1.